The number of nitrogens with zero attached hydrogens (tertiary/aromatic N) is 1. The molecule has 1 N–H and O–H groups in total. The average Bonchev–Trinajstić information content (AvgIpc) is 2.63. The molecule has 1 aliphatic rings. The summed E-state index contributed by atoms with van der Waals surface area (Å²) in [7, 11) is 0. The smallest absolute Gasteiger partial charge is 0.0684 e. The SMILES string of the molecule is CCC1CCCN(c2ccc(CO)c(C)c2)CC1. The Bertz CT molecular complexity index is 389. The quantitative estimate of drug-likeness (QED) is 0.883. The van der Waals surface area contributed by atoms with Crippen molar-refractivity contribution in [1.29, 1.82) is 0 Å². The zero-order valence-electron chi connectivity index (χ0n) is 11.7. The van der Waals surface area contributed by atoms with Crippen molar-refractivity contribution in [3.8, 4) is 0 Å². The van der Waals surface area contributed by atoms with Crippen LogP contribution in [0.2, 0.25) is 0 Å². The second kappa shape index (κ2) is 6.24. The number of aryl methyl sites for hydroxylation is 1. The summed E-state index contributed by atoms with van der Waals surface area (Å²) < 4.78 is 0. The lowest BCUT2D eigenvalue weighted by molar-refractivity contribution is 0.281. The van der Waals surface area contributed by atoms with E-state index in [1.165, 1.54) is 50.0 Å². The maximum Gasteiger partial charge on any atom is 0.0684 e. The van der Waals surface area contributed by atoms with Gasteiger partial charge in [-0.05, 0) is 55.4 Å². The highest BCUT2D eigenvalue weighted by Gasteiger charge is 2.16. The van der Waals surface area contributed by atoms with Gasteiger partial charge < -0.3 is 10.0 Å². The fourth-order valence-electron chi connectivity index (χ4n) is 2.89. The van der Waals surface area contributed by atoms with Crippen LogP contribution in [0.4, 0.5) is 5.69 Å². The summed E-state index contributed by atoms with van der Waals surface area (Å²) in [5.41, 5.74) is 3.56. The van der Waals surface area contributed by atoms with Gasteiger partial charge in [0.05, 0.1) is 6.61 Å². The van der Waals surface area contributed by atoms with Gasteiger partial charge in [-0.25, -0.2) is 0 Å². The minimum absolute atomic E-state index is 0.143. The fraction of sp³-hybridized carbons (Fsp3) is 0.625. The molecule has 0 aliphatic carbocycles. The first-order valence-electron chi connectivity index (χ1n) is 7.20. The molecule has 2 nitrogen and oxygen atoms in total. The molecule has 1 aromatic carbocycles. The Morgan fingerprint density at radius 3 is 2.78 bits per heavy atom. The predicted octanol–water partition coefficient (Wildman–Crippen LogP) is 3.50. The molecule has 100 valence electrons. The highest BCUT2D eigenvalue weighted by Crippen LogP contribution is 2.25. The standard InChI is InChI=1S/C16H25NO/c1-3-14-5-4-9-17(10-8-14)16-7-6-15(12-18)13(2)11-16/h6-7,11,14,18H,3-5,8-10,12H2,1-2H3. The van der Waals surface area contributed by atoms with Crippen LogP contribution in [0.1, 0.15) is 43.7 Å². The third-order valence-corrected chi connectivity index (χ3v) is 4.29. The molecule has 1 atom stereocenters. The Morgan fingerprint density at radius 1 is 1.28 bits per heavy atom. The van der Waals surface area contributed by atoms with Gasteiger partial charge >= 0.3 is 0 Å². The number of aliphatic hydroxyl groups excluding tert-OH is 1. The maximum absolute atomic E-state index is 9.22. The molecular weight excluding hydrogens is 222 g/mol. The van der Waals surface area contributed by atoms with Gasteiger partial charge in [-0.15, -0.1) is 0 Å². The van der Waals surface area contributed by atoms with Crippen molar-refractivity contribution in [1.82, 2.24) is 0 Å². The second-order valence-electron chi connectivity index (χ2n) is 5.46. The Labute approximate surface area is 111 Å². The zero-order chi connectivity index (χ0) is 13.0. The third-order valence-electron chi connectivity index (χ3n) is 4.29. The molecule has 1 heterocycles. The number of hydrogen-bond acceptors (Lipinski definition) is 2. The molecule has 1 fully saturated rings. The Kier molecular flexibility index (Phi) is 4.65. The van der Waals surface area contributed by atoms with Crippen LogP contribution in [0.15, 0.2) is 18.2 Å². The van der Waals surface area contributed by atoms with Crippen LogP contribution in [0.5, 0.6) is 0 Å². The van der Waals surface area contributed by atoms with Gasteiger partial charge in [-0.1, -0.05) is 19.4 Å². The van der Waals surface area contributed by atoms with Gasteiger partial charge in [-0.3, -0.25) is 0 Å². The van der Waals surface area contributed by atoms with Gasteiger partial charge in [-0.2, -0.15) is 0 Å². The molecular formula is C16H25NO. The van der Waals surface area contributed by atoms with Crippen LogP contribution in [-0.4, -0.2) is 18.2 Å². The van der Waals surface area contributed by atoms with Gasteiger partial charge in [0.1, 0.15) is 0 Å². The monoisotopic (exact) mass is 247 g/mol. The van der Waals surface area contributed by atoms with E-state index in [4.69, 9.17) is 0 Å². The molecule has 1 aliphatic heterocycles. The van der Waals surface area contributed by atoms with Crippen molar-refractivity contribution in [2.45, 2.75) is 46.1 Å². The van der Waals surface area contributed by atoms with E-state index in [0.29, 0.717) is 0 Å². The first-order valence-corrected chi connectivity index (χ1v) is 7.20. The van der Waals surface area contributed by atoms with E-state index in [0.717, 1.165) is 11.5 Å². The maximum atomic E-state index is 9.22. The molecule has 1 saturated heterocycles. The lowest BCUT2D eigenvalue weighted by atomic mass is 9.98. The highest BCUT2D eigenvalue weighted by molar-refractivity contribution is 5.50. The predicted molar refractivity (Wildman–Crippen MR) is 76.9 cm³/mol. The van der Waals surface area contributed by atoms with Crippen molar-refractivity contribution < 1.29 is 5.11 Å². The van der Waals surface area contributed by atoms with E-state index >= 15 is 0 Å². The molecule has 0 saturated carbocycles. The average molecular weight is 247 g/mol. The molecule has 18 heavy (non-hydrogen) atoms. The highest BCUT2D eigenvalue weighted by atomic mass is 16.3. The summed E-state index contributed by atoms with van der Waals surface area (Å²) >= 11 is 0. The summed E-state index contributed by atoms with van der Waals surface area (Å²) in [6.45, 7) is 6.89. The van der Waals surface area contributed by atoms with E-state index in [2.05, 4.69) is 36.9 Å². The van der Waals surface area contributed by atoms with E-state index < -0.39 is 0 Å². The van der Waals surface area contributed by atoms with Crippen molar-refractivity contribution in [3.05, 3.63) is 29.3 Å². The molecule has 2 rings (SSSR count). The van der Waals surface area contributed by atoms with Crippen LogP contribution >= 0.6 is 0 Å². The summed E-state index contributed by atoms with van der Waals surface area (Å²) in [4.78, 5) is 2.50. The summed E-state index contributed by atoms with van der Waals surface area (Å²) in [6, 6.07) is 6.44. The van der Waals surface area contributed by atoms with Crippen LogP contribution in [0.25, 0.3) is 0 Å². The number of aliphatic hydroxyl groups is 1. The van der Waals surface area contributed by atoms with E-state index in [1.807, 2.05) is 0 Å². The number of anilines is 1. The van der Waals surface area contributed by atoms with Crippen LogP contribution in [0.3, 0.4) is 0 Å². The summed E-state index contributed by atoms with van der Waals surface area (Å²) in [5.74, 6) is 0.910. The molecule has 0 bridgehead atoms. The molecule has 2 heteroatoms. The molecule has 0 amide bonds. The van der Waals surface area contributed by atoms with Crippen molar-refractivity contribution in [2.75, 3.05) is 18.0 Å². The Morgan fingerprint density at radius 2 is 2.11 bits per heavy atom. The first kappa shape index (κ1) is 13.4. The summed E-state index contributed by atoms with van der Waals surface area (Å²) in [5, 5.41) is 9.22. The topological polar surface area (TPSA) is 23.5 Å². The number of rotatable bonds is 3. The second-order valence-corrected chi connectivity index (χ2v) is 5.46. The zero-order valence-corrected chi connectivity index (χ0v) is 11.7. The van der Waals surface area contributed by atoms with Gasteiger partial charge in [0, 0.05) is 18.8 Å². The summed E-state index contributed by atoms with van der Waals surface area (Å²) in [6.07, 6.45) is 5.31. The van der Waals surface area contributed by atoms with Crippen molar-refractivity contribution in [2.24, 2.45) is 5.92 Å². The Balaban J connectivity index is 2.09. The lowest BCUT2D eigenvalue weighted by Gasteiger charge is -2.24. The van der Waals surface area contributed by atoms with Gasteiger partial charge in [0.2, 0.25) is 0 Å². The molecule has 0 aromatic heterocycles. The number of hydrogen-bond donors (Lipinski definition) is 1. The lowest BCUT2D eigenvalue weighted by Crippen LogP contribution is -2.24. The minimum atomic E-state index is 0.143. The van der Waals surface area contributed by atoms with Crippen LogP contribution in [-0.2, 0) is 6.61 Å². The molecule has 1 unspecified atom stereocenters. The molecule has 1 aromatic rings. The van der Waals surface area contributed by atoms with Crippen molar-refractivity contribution >= 4 is 5.69 Å². The van der Waals surface area contributed by atoms with Crippen molar-refractivity contribution in [3.63, 3.8) is 0 Å². The van der Waals surface area contributed by atoms with E-state index in [-0.39, 0.29) is 6.61 Å². The largest absolute Gasteiger partial charge is 0.392 e. The normalized spacial score (nSPS) is 20.8. The first-order chi connectivity index (χ1) is 8.74. The Hall–Kier alpha value is -1.02. The van der Waals surface area contributed by atoms with Gasteiger partial charge in [0.25, 0.3) is 0 Å². The van der Waals surface area contributed by atoms with Crippen LogP contribution < -0.4 is 4.90 Å². The minimum Gasteiger partial charge on any atom is -0.392 e. The molecule has 0 spiro atoms. The third kappa shape index (κ3) is 3.05. The van der Waals surface area contributed by atoms with E-state index in [9.17, 15) is 5.11 Å². The number of benzene rings is 1. The van der Waals surface area contributed by atoms with E-state index in [1.54, 1.807) is 0 Å². The fourth-order valence-corrected chi connectivity index (χ4v) is 2.89. The van der Waals surface area contributed by atoms with Gasteiger partial charge in [0.15, 0.2) is 0 Å². The molecule has 0 radical (unpaired) electrons. The van der Waals surface area contributed by atoms with Crippen LogP contribution in [0, 0.1) is 12.8 Å².